The van der Waals surface area contributed by atoms with Gasteiger partial charge in [0, 0.05) is 25.5 Å². The van der Waals surface area contributed by atoms with Crippen molar-refractivity contribution >= 4 is 28.9 Å². The fourth-order valence-electron chi connectivity index (χ4n) is 3.59. The van der Waals surface area contributed by atoms with Crippen molar-refractivity contribution in [3.05, 3.63) is 76.2 Å². The zero-order chi connectivity index (χ0) is 20.6. The highest BCUT2D eigenvalue weighted by molar-refractivity contribution is 7.80. The van der Waals surface area contributed by atoms with Crippen LogP contribution in [0.1, 0.15) is 29.7 Å². The van der Waals surface area contributed by atoms with Crippen LogP contribution < -0.4 is 10.2 Å². The first-order chi connectivity index (χ1) is 13.2. The Bertz CT molecular complexity index is 963. The Morgan fingerprint density at radius 1 is 1.11 bits per heavy atom. The lowest BCUT2D eigenvalue weighted by Gasteiger charge is -2.38. The maximum absolute atomic E-state index is 13.9. The molecule has 0 saturated heterocycles. The van der Waals surface area contributed by atoms with E-state index in [1.807, 2.05) is 37.8 Å². The van der Waals surface area contributed by atoms with E-state index >= 15 is 0 Å². The summed E-state index contributed by atoms with van der Waals surface area (Å²) in [5, 5.41) is 3.73. The Morgan fingerprint density at radius 3 is 2.32 bits per heavy atom. The number of aryl methyl sites for hydroxylation is 2. The first-order valence-electron chi connectivity index (χ1n) is 9.06. The SMILES string of the molecule is CC1=C(C(=O)N(C)C)[C@@H](c2cccc(F)c2)NC(=S)N1c1cc(C)cc(C)c1. The second-order valence-corrected chi connectivity index (χ2v) is 7.70. The zero-order valence-corrected chi connectivity index (χ0v) is 17.5. The van der Waals surface area contributed by atoms with Crippen LogP contribution >= 0.6 is 12.2 Å². The normalized spacial score (nSPS) is 16.9. The maximum Gasteiger partial charge on any atom is 0.253 e. The molecule has 1 heterocycles. The van der Waals surface area contributed by atoms with Gasteiger partial charge in [-0.15, -0.1) is 0 Å². The number of nitrogens with zero attached hydrogens (tertiary/aromatic N) is 2. The van der Waals surface area contributed by atoms with Crippen LogP contribution in [-0.4, -0.2) is 30.0 Å². The van der Waals surface area contributed by atoms with Crippen molar-refractivity contribution in [2.75, 3.05) is 19.0 Å². The van der Waals surface area contributed by atoms with Gasteiger partial charge in [-0.25, -0.2) is 4.39 Å². The molecule has 1 amide bonds. The number of amides is 1. The summed E-state index contributed by atoms with van der Waals surface area (Å²) in [6.45, 7) is 5.93. The number of thiocarbonyl (C=S) groups is 1. The summed E-state index contributed by atoms with van der Waals surface area (Å²) in [5.41, 5.74) is 5.06. The minimum atomic E-state index is -0.514. The number of anilines is 1. The maximum atomic E-state index is 13.9. The second-order valence-electron chi connectivity index (χ2n) is 7.32. The van der Waals surface area contributed by atoms with E-state index in [1.54, 1.807) is 26.2 Å². The van der Waals surface area contributed by atoms with Crippen LogP contribution in [0.4, 0.5) is 10.1 Å². The van der Waals surface area contributed by atoms with E-state index in [4.69, 9.17) is 12.2 Å². The molecule has 0 saturated carbocycles. The Labute approximate surface area is 170 Å². The van der Waals surface area contributed by atoms with Gasteiger partial charge in [0.1, 0.15) is 5.82 Å². The molecule has 6 heteroatoms. The van der Waals surface area contributed by atoms with Crippen molar-refractivity contribution < 1.29 is 9.18 Å². The molecule has 146 valence electrons. The van der Waals surface area contributed by atoms with Gasteiger partial charge < -0.3 is 10.2 Å². The average molecular weight is 398 g/mol. The van der Waals surface area contributed by atoms with Crippen LogP contribution in [0.15, 0.2) is 53.7 Å². The van der Waals surface area contributed by atoms with E-state index in [-0.39, 0.29) is 11.7 Å². The highest BCUT2D eigenvalue weighted by atomic mass is 32.1. The number of carbonyl (C=O) groups excluding carboxylic acids is 1. The molecule has 3 rings (SSSR count). The molecule has 2 aromatic rings. The third kappa shape index (κ3) is 3.78. The number of allylic oxidation sites excluding steroid dienone is 1. The molecule has 0 radical (unpaired) electrons. The Morgan fingerprint density at radius 2 is 1.75 bits per heavy atom. The number of hydrogen-bond donors (Lipinski definition) is 1. The predicted molar refractivity (Wildman–Crippen MR) is 115 cm³/mol. The van der Waals surface area contributed by atoms with Gasteiger partial charge in [-0.2, -0.15) is 0 Å². The van der Waals surface area contributed by atoms with E-state index in [9.17, 15) is 9.18 Å². The average Bonchev–Trinajstić information content (AvgIpc) is 2.60. The topological polar surface area (TPSA) is 35.6 Å². The molecule has 1 atom stereocenters. The molecule has 0 bridgehead atoms. The Kier molecular flexibility index (Phi) is 5.52. The summed E-state index contributed by atoms with van der Waals surface area (Å²) >= 11 is 5.65. The van der Waals surface area contributed by atoms with Crippen molar-refractivity contribution in [2.24, 2.45) is 0 Å². The fraction of sp³-hybridized carbons (Fsp3) is 0.273. The first kappa shape index (κ1) is 20.0. The highest BCUT2D eigenvalue weighted by Gasteiger charge is 2.35. The van der Waals surface area contributed by atoms with Crippen LogP contribution in [0, 0.1) is 19.7 Å². The lowest BCUT2D eigenvalue weighted by atomic mass is 9.93. The molecule has 4 nitrogen and oxygen atoms in total. The van der Waals surface area contributed by atoms with Crippen molar-refractivity contribution in [2.45, 2.75) is 26.8 Å². The lowest BCUT2D eigenvalue weighted by Crippen LogP contribution is -2.49. The van der Waals surface area contributed by atoms with Gasteiger partial charge in [-0.05, 0) is 73.9 Å². The zero-order valence-electron chi connectivity index (χ0n) is 16.7. The summed E-state index contributed by atoms with van der Waals surface area (Å²) in [5.74, 6) is -0.493. The lowest BCUT2D eigenvalue weighted by molar-refractivity contribution is -0.125. The van der Waals surface area contributed by atoms with Crippen LogP contribution in [0.2, 0.25) is 0 Å². The van der Waals surface area contributed by atoms with E-state index in [2.05, 4.69) is 11.4 Å². The molecule has 1 N–H and O–H groups in total. The monoisotopic (exact) mass is 397 g/mol. The predicted octanol–water partition coefficient (Wildman–Crippen LogP) is 4.24. The summed E-state index contributed by atoms with van der Waals surface area (Å²) in [7, 11) is 3.42. The number of hydrogen-bond acceptors (Lipinski definition) is 2. The third-order valence-corrected chi connectivity index (χ3v) is 5.07. The number of rotatable bonds is 3. The van der Waals surface area contributed by atoms with Crippen molar-refractivity contribution in [3.8, 4) is 0 Å². The highest BCUT2D eigenvalue weighted by Crippen LogP contribution is 2.35. The number of nitrogens with one attached hydrogen (secondary N) is 1. The van der Waals surface area contributed by atoms with E-state index < -0.39 is 6.04 Å². The van der Waals surface area contributed by atoms with Crippen LogP contribution in [0.5, 0.6) is 0 Å². The van der Waals surface area contributed by atoms with Crippen LogP contribution in [0.25, 0.3) is 0 Å². The summed E-state index contributed by atoms with van der Waals surface area (Å²) in [6, 6.07) is 11.9. The molecular weight excluding hydrogens is 373 g/mol. The molecular formula is C22H24FN3OS. The van der Waals surface area contributed by atoms with Gasteiger partial charge in [-0.1, -0.05) is 18.2 Å². The van der Waals surface area contributed by atoms with Crippen molar-refractivity contribution in [1.29, 1.82) is 0 Å². The summed E-state index contributed by atoms with van der Waals surface area (Å²) < 4.78 is 13.9. The van der Waals surface area contributed by atoms with Gasteiger partial charge in [-0.3, -0.25) is 9.69 Å². The van der Waals surface area contributed by atoms with Gasteiger partial charge in [0.25, 0.3) is 5.91 Å². The number of likely N-dealkylation sites (N-methyl/N-ethyl adjacent to an activating group) is 1. The van der Waals surface area contributed by atoms with E-state index in [0.717, 1.165) is 22.5 Å². The van der Waals surface area contributed by atoms with Crippen LogP contribution in [-0.2, 0) is 4.79 Å². The number of halogens is 1. The molecule has 2 aromatic carbocycles. The van der Waals surface area contributed by atoms with Gasteiger partial charge in [0.15, 0.2) is 5.11 Å². The largest absolute Gasteiger partial charge is 0.351 e. The molecule has 0 fully saturated rings. The van der Waals surface area contributed by atoms with E-state index in [0.29, 0.717) is 16.2 Å². The quantitative estimate of drug-likeness (QED) is 0.786. The standard InChI is InChI=1S/C22H24FN3OS/c1-13-9-14(2)11-18(10-13)26-15(3)19(21(27)25(4)5)20(24-22(26)28)16-7-6-8-17(23)12-16/h6-12,20H,1-5H3,(H,24,28)/t20-/m1/s1. The van der Waals surface area contributed by atoms with Crippen molar-refractivity contribution in [1.82, 2.24) is 10.2 Å². The molecule has 0 aromatic heterocycles. The van der Waals surface area contributed by atoms with Crippen LogP contribution in [0.3, 0.4) is 0 Å². The molecule has 0 unspecified atom stereocenters. The Hall–Kier alpha value is -2.73. The van der Waals surface area contributed by atoms with Gasteiger partial charge in [0.2, 0.25) is 0 Å². The molecule has 1 aliphatic rings. The van der Waals surface area contributed by atoms with Crippen molar-refractivity contribution in [3.63, 3.8) is 0 Å². The van der Waals surface area contributed by atoms with Gasteiger partial charge >= 0.3 is 0 Å². The minimum Gasteiger partial charge on any atom is -0.351 e. The molecule has 0 aliphatic carbocycles. The summed E-state index contributed by atoms with van der Waals surface area (Å²) in [6.07, 6.45) is 0. The smallest absolute Gasteiger partial charge is 0.253 e. The molecule has 1 aliphatic heterocycles. The third-order valence-electron chi connectivity index (χ3n) is 4.77. The molecule has 0 spiro atoms. The summed E-state index contributed by atoms with van der Waals surface area (Å²) in [4.78, 5) is 16.5. The molecule has 28 heavy (non-hydrogen) atoms. The second kappa shape index (κ2) is 7.72. The Balaban J connectivity index is 2.19. The van der Waals surface area contributed by atoms with E-state index in [1.165, 1.54) is 17.0 Å². The minimum absolute atomic E-state index is 0.142. The number of carbonyl (C=O) groups is 1. The number of benzene rings is 2. The van der Waals surface area contributed by atoms with Gasteiger partial charge in [0.05, 0.1) is 11.6 Å². The fourth-order valence-corrected chi connectivity index (χ4v) is 3.95. The first-order valence-corrected chi connectivity index (χ1v) is 9.46.